The molecule has 0 N–H and O–H groups in total. The van der Waals surface area contributed by atoms with Crippen LogP contribution in [-0.2, 0) is 14.4 Å². The minimum absolute atomic E-state index is 0.0697. The van der Waals surface area contributed by atoms with Crippen LogP contribution in [-0.4, -0.2) is 35.5 Å². The number of hydrogen-bond donors (Lipinski definition) is 0. The molecule has 2 saturated carbocycles. The zero-order valence-electron chi connectivity index (χ0n) is 17.6. The van der Waals surface area contributed by atoms with Crippen LogP contribution < -0.4 is 0 Å². The van der Waals surface area contributed by atoms with Gasteiger partial charge >= 0.3 is 0 Å². The summed E-state index contributed by atoms with van der Waals surface area (Å²) in [5.74, 6) is -0.198. The van der Waals surface area contributed by atoms with Crippen molar-refractivity contribution in [3.8, 4) is 0 Å². The molecule has 1 aromatic rings. The Hall–Kier alpha value is -1.97. The third-order valence-corrected chi connectivity index (χ3v) is 7.40. The molecule has 0 atom stereocenters. The van der Waals surface area contributed by atoms with E-state index < -0.39 is 5.92 Å². The molecule has 1 aromatic carbocycles. The first kappa shape index (κ1) is 19.4. The largest absolute Gasteiger partial charge is 0.342 e. The van der Waals surface area contributed by atoms with E-state index in [1.54, 1.807) is 0 Å². The highest BCUT2D eigenvalue weighted by Gasteiger charge is 2.51. The number of rotatable bonds is 2. The monoisotopic (exact) mass is 381 g/mol. The zero-order chi connectivity index (χ0) is 20.3. The van der Waals surface area contributed by atoms with E-state index >= 15 is 0 Å². The van der Waals surface area contributed by atoms with E-state index in [0.29, 0.717) is 25.9 Å². The molecule has 1 amide bonds. The molecule has 1 aliphatic heterocycles. The number of hydrogen-bond acceptors (Lipinski definition) is 3. The predicted molar refractivity (Wildman–Crippen MR) is 108 cm³/mol. The molecule has 1 saturated heterocycles. The number of amides is 1. The second-order valence-corrected chi connectivity index (χ2v) is 9.88. The molecule has 3 fully saturated rings. The van der Waals surface area contributed by atoms with Gasteiger partial charge in [0.25, 0.3) is 0 Å². The summed E-state index contributed by atoms with van der Waals surface area (Å²) in [7, 11) is 0. The van der Waals surface area contributed by atoms with Gasteiger partial charge in [-0.2, -0.15) is 0 Å². The standard InChI is InChI=1S/C24H31NO3/c1-15-11-16(2)20(17(3)12-15)21-18(26)13-24(14-19(21)27)7-9-25(10-8-24)22(28)23(4)5-6-23/h11-12,21H,5-10,13-14H2,1-4H3. The van der Waals surface area contributed by atoms with Crippen molar-refractivity contribution in [3.05, 3.63) is 34.4 Å². The van der Waals surface area contributed by atoms with Crippen molar-refractivity contribution in [1.82, 2.24) is 4.90 Å². The first-order chi connectivity index (χ1) is 13.1. The number of nitrogens with zero attached hydrogens (tertiary/aromatic N) is 1. The van der Waals surface area contributed by atoms with Gasteiger partial charge in [-0.3, -0.25) is 14.4 Å². The van der Waals surface area contributed by atoms with Crippen molar-refractivity contribution in [2.75, 3.05) is 13.1 Å². The van der Waals surface area contributed by atoms with E-state index in [2.05, 4.69) is 12.1 Å². The number of carbonyl (C=O) groups is 3. The van der Waals surface area contributed by atoms with Crippen LogP contribution >= 0.6 is 0 Å². The number of piperidine rings is 1. The summed E-state index contributed by atoms with van der Waals surface area (Å²) in [5, 5.41) is 0. The number of carbonyl (C=O) groups excluding carboxylic acids is 3. The highest BCUT2D eigenvalue weighted by Crippen LogP contribution is 2.50. The van der Waals surface area contributed by atoms with Gasteiger partial charge in [0.2, 0.25) is 5.91 Å². The lowest BCUT2D eigenvalue weighted by atomic mass is 9.62. The number of benzene rings is 1. The van der Waals surface area contributed by atoms with Crippen molar-refractivity contribution in [1.29, 1.82) is 0 Å². The minimum Gasteiger partial charge on any atom is -0.342 e. The van der Waals surface area contributed by atoms with E-state index in [9.17, 15) is 14.4 Å². The van der Waals surface area contributed by atoms with Crippen LogP contribution in [0.3, 0.4) is 0 Å². The van der Waals surface area contributed by atoms with E-state index in [-0.39, 0.29) is 28.3 Å². The molecule has 2 aliphatic carbocycles. The summed E-state index contributed by atoms with van der Waals surface area (Å²) in [4.78, 5) is 40.9. The van der Waals surface area contributed by atoms with Gasteiger partial charge in [0, 0.05) is 31.3 Å². The fraction of sp³-hybridized carbons (Fsp3) is 0.625. The third kappa shape index (κ3) is 3.21. The Labute approximate surface area is 167 Å². The number of ketones is 2. The Morgan fingerprint density at radius 3 is 1.89 bits per heavy atom. The maximum atomic E-state index is 13.2. The molecule has 4 nitrogen and oxygen atoms in total. The van der Waals surface area contributed by atoms with Gasteiger partial charge in [0.05, 0.1) is 0 Å². The molecule has 0 radical (unpaired) electrons. The van der Waals surface area contributed by atoms with Crippen LogP contribution in [0.2, 0.25) is 0 Å². The Morgan fingerprint density at radius 1 is 0.929 bits per heavy atom. The van der Waals surface area contributed by atoms with Gasteiger partial charge in [-0.1, -0.05) is 24.6 Å². The average molecular weight is 382 g/mol. The Bertz CT molecular complexity index is 814. The lowest BCUT2D eigenvalue weighted by molar-refractivity contribution is -0.142. The van der Waals surface area contributed by atoms with Gasteiger partial charge in [-0.15, -0.1) is 0 Å². The normalized spacial score (nSPS) is 23.9. The van der Waals surface area contributed by atoms with Crippen LogP contribution in [0.4, 0.5) is 0 Å². The molecule has 0 aromatic heterocycles. The van der Waals surface area contributed by atoms with Crippen LogP contribution in [0.25, 0.3) is 0 Å². The van der Waals surface area contributed by atoms with Crippen LogP contribution in [0.15, 0.2) is 12.1 Å². The summed E-state index contributed by atoms with van der Waals surface area (Å²) in [6.45, 7) is 9.46. The topological polar surface area (TPSA) is 54.5 Å². The smallest absolute Gasteiger partial charge is 0.228 e. The Balaban J connectivity index is 1.50. The van der Waals surface area contributed by atoms with Gasteiger partial charge in [-0.25, -0.2) is 0 Å². The second kappa shape index (κ2) is 6.53. The summed E-state index contributed by atoms with van der Waals surface area (Å²) in [5.41, 5.74) is 3.78. The summed E-state index contributed by atoms with van der Waals surface area (Å²) < 4.78 is 0. The Morgan fingerprint density at radius 2 is 1.43 bits per heavy atom. The fourth-order valence-corrected chi connectivity index (χ4v) is 5.47. The molecular formula is C24H31NO3. The lowest BCUT2D eigenvalue weighted by Crippen LogP contribution is -2.49. The second-order valence-electron chi connectivity index (χ2n) is 9.88. The first-order valence-corrected chi connectivity index (χ1v) is 10.6. The molecule has 150 valence electrons. The van der Waals surface area contributed by atoms with Crippen LogP contribution in [0.1, 0.15) is 73.6 Å². The molecule has 3 aliphatic rings. The van der Waals surface area contributed by atoms with E-state index in [0.717, 1.165) is 47.9 Å². The van der Waals surface area contributed by atoms with Crippen molar-refractivity contribution < 1.29 is 14.4 Å². The van der Waals surface area contributed by atoms with Gasteiger partial charge in [0.1, 0.15) is 17.5 Å². The van der Waals surface area contributed by atoms with E-state index in [1.807, 2.05) is 32.6 Å². The van der Waals surface area contributed by atoms with Crippen molar-refractivity contribution in [2.45, 2.75) is 72.1 Å². The van der Waals surface area contributed by atoms with Crippen LogP contribution in [0.5, 0.6) is 0 Å². The highest BCUT2D eigenvalue weighted by atomic mass is 16.2. The molecule has 1 spiro atoms. The molecule has 4 rings (SSSR count). The van der Waals surface area contributed by atoms with Gasteiger partial charge < -0.3 is 4.90 Å². The van der Waals surface area contributed by atoms with Crippen molar-refractivity contribution in [3.63, 3.8) is 0 Å². The van der Waals surface area contributed by atoms with E-state index in [1.165, 1.54) is 0 Å². The molecule has 28 heavy (non-hydrogen) atoms. The molecule has 0 unspecified atom stereocenters. The highest BCUT2D eigenvalue weighted by molar-refractivity contribution is 6.10. The zero-order valence-corrected chi connectivity index (χ0v) is 17.6. The number of likely N-dealkylation sites (tertiary alicyclic amines) is 1. The van der Waals surface area contributed by atoms with Gasteiger partial charge in [-0.05, 0) is 68.6 Å². The summed E-state index contributed by atoms with van der Waals surface area (Å²) in [6.07, 6.45) is 4.45. The minimum atomic E-state index is -0.601. The maximum absolute atomic E-state index is 13.2. The third-order valence-electron chi connectivity index (χ3n) is 7.40. The number of aryl methyl sites for hydroxylation is 3. The predicted octanol–water partition coefficient (Wildman–Crippen LogP) is 4.04. The van der Waals surface area contributed by atoms with E-state index in [4.69, 9.17) is 0 Å². The summed E-state index contributed by atoms with van der Waals surface area (Å²) in [6, 6.07) is 4.13. The first-order valence-electron chi connectivity index (χ1n) is 10.6. The molecule has 0 bridgehead atoms. The van der Waals surface area contributed by atoms with Gasteiger partial charge in [0.15, 0.2) is 0 Å². The lowest BCUT2D eigenvalue weighted by Gasteiger charge is -2.45. The van der Waals surface area contributed by atoms with Crippen LogP contribution in [0, 0.1) is 31.6 Å². The van der Waals surface area contributed by atoms with Crippen molar-refractivity contribution in [2.24, 2.45) is 10.8 Å². The molecule has 4 heteroatoms. The Kier molecular flexibility index (Phi) is 4.52. The maximum Gasteiger partial charge on any atom is 0.228 e. The number of Topliss-reactive ketones (excluding diaryl/α,β-unsaturated/α-hetero) is 2. The SMILES string of the molecule is Cc1cc(C)c(C2C(=O)CC3(CCN(C(=O)C4(C)CC4)CC3)CC2=O)c(C)c1. The average Bonchev–Trinajstić information content (AvgIpc) is 3.35. The quantitative estimate of drug-likeness (QED) is 0.727. The molecular weight excluding hydrogens is 350 g/mol. The molecule has 1 heterocycles. The van der Waals surface area contributed by atoms with Crippen molar-refractivity contribution >= 4 is 17.5 Å². The fourth-order valence-electron chi connectivity index (χ4n) is 5.47. The summed E-state index contributed by atoms with van der Waals surface area (Å²) >= 11 is 0.